The van der Waals surface area contributed by atoms with Crippen LogP contribution >= 0.6 is 0 Å². The predicted molar refractivity (Wildman–Crippen MR) is 85.8 cm³/mol. The van der Waals surface area contributed by atoms with Gasteiger partial charge in [0.1, 0.15) is 5.76 Å². The number of amides is 1. The summed E-state index contributed by atoms with van der Waals surface area (Å²) >= 11 is 0. The Morgan fingerprint density at radius 2 is 2.00 bits per heavy atom. The molecule has 1 aliphatic heterocycles. The first-order chi connectivity index (χ1) is 10.7. The molecule has 0 atom stereocenters. The fourth-order valence-electron chi connectivity index (χ4n) is 3.50. The van der Waals surface area contributed by atoms with Crippen molar-refractivity contribution in [3.63, 3.8) is 0 Å². The van der Waals surface area contributed by atoms with Gasteiger partial charge in [-0.25, -0.2) is 0 Å². The van der Waals surface area contributed by atoms with Gasteiger partial charge < -0.3 is 14.6 Å². The maximum atomic E-state index is 12.4. The van der Waals surface area contributed by atoms with Crippen LogP contribution in [0.3, 0.4) is 0 Å². The monoisotopic (exact) mass is 305 g/mol. The van der Waals surface area contributed by atoms with E-state index in [1.54, 1.807) is 0 Å². The number of rotatable bonds is 4. The number of nitrogens with one attached hydrogen (secondary N) is 1. The van der Waals surface area contributed by atoms with Gasteiger partial charge in [-0.05, 0) is 32.0 Å². The molecule has 0 unspecified atom stereocenters. The Balaban J connectivity index is 1.57. The Bertz CT molecular complexity index is 488. The number of piperazine rings is 1. The van der Waals surface area contributed by atoms with Crippen molar-refractivity contribution < 1.29 is 9.21 Å². The van der Waals surface area contributed by atoms with Crippen molar-refractivity contribution in [1.82, 2.24) is 15.1 Å². The lowest BCUT2D eigenvalue weighted by molar-refractivity contribution is 0.0699. The zero-order valence-electron chi connectivity index (χ0n) is 13.5. The van der Waals surface area contributed by atoms with Crippen LogP contribution in [0.1, 0.15) is 48.4 Å². The van der Waals surface area contributed by atoms with Crippen molar-refractivity contribution >= 4 is 5.91 Å². The highest BCUT2D eigenvalue weighted by Gasteiger charge is 2.22. The zero-order valence-corrected chi connectivity index (χ0v) is 13.5. The van der Waals surface area contributed by atoms with E-state index >= 15 is 0 Å². The molecule has 1 saturated carbocycles. The Kier molecular flexibility index (Phi) is 5.16. The summed E-state index contributed by atoms with van der Waals surface area (Å²) in [5, 5.41) is 3.26. The van der Waals surface area contributed by atoms with Crippen LogP contribution in [-0.4, -0.2) is 55.0 Å². The van der Waals surface area contributed by atoms with E-state index in [9.17, 15) is 4.79 Å². The van der Waals surface area contributed by atoms with Crippen molar-refractivity contribution in [2.24, 2.45) is 0 Å². The van der Waals surface area contributed by atoms with Gasteiger partial charge >= 0.3 is 0 Å². The summed E-state index contributed by atoms with van der Waals surface area (Å²) in [6.45, 7) is 4.04. The van der Waals surface area contributed by atoms with E-state index in [-0.39, 0.29) is 5.91 Å². The first-order valence-electron chi connectivity index (χ1n) is 8.53. The Labute approximate surface area is 132 Å². The van der Waals surface area contributed by atoms with Crippen molar-refractivity contribution in [3.05, 3.63) is 23.7 Å². The van der Waals surface area contributed by atoms with Gasteiger partial charge in [0.25, 0.3) is 5.91 Å². The van der Waals surface area contributed by atoms with Gasteiger partial charge in [0, 0.05) is 32.2 Å². The van der Waals surface area contributed by atoms with E-state index in [0.717, 1.165) is 38.5 Å². The van der Waals surface area contributed by atoms with Crippen LogP contribution in [0.4, 0.5) is 0 Å². The van der Waals surface area contributed by atoms with Crippen molar-refractivity contribution in [2.45, 2.75) is 44.7 Å². The molecule has 1 aliphatic carbocycles. The molecule has 0 aromatic carbocycles. The van der Waals surface area contributed by atoms with Crippen molar-refractivity contribution in [3.8, 4) is 0 Å². The average molecular weight is 305 g/mol. The molecule has 0 bridgehead atoms. The fraction of sp³-hybridized carbons (Fsp3) is 0.706. The van der Waals surface area contributed by atoms with E-state index in [0.29, 0.717) is 11.8 Å². The highest BCUT2D eigenvalue weighted by atomic mass is 16.4. The van der Waals surface area contributed by atoms with E-state index < -0.39 is 0 Å². The normalized spacial score (nSPS) is 20.5. The Morgan fingerprint density at radius 3 is 2.73 bits per heavy atom. The molecule has 1 amide bonds. The van der Waals surface area contributed by atoms with Gasteiger partial charge in [-0.1, -0.05) is 19.3 Å². The summed E-state index contributed by atoms with van der Waals surface area (Å²) < 4.78 is 5.81. The lowest BCUT2D eigenvalue weighted by atomic mass is 9.94. The minimum Gasteiger partial charge on any atom is -0.455 e. The number of carbonyl (C=O) groups excluding carboxylic acids is 1. The summed E-state index contributed by atoms with van der Waals surface area (Å²) in [4.78, 5) is 16.6. The van der Waals surface area contributed by atoms with Crippen LogP contribution < -0.4 is 5.32 Å². The standard InChI is InChI=1S/C17H27N3O2/c1-19(14-5-3-2-4-6-14)13-15-7-8-16(22-15)17(21)20-11-9-18-10-12-20/h7-8,14,18H,2-6,9-13H2,1H3. The first kappa shape index (κ1) is 15.6. The van der Waals surface area contributed by atoms with Crippen molar-refractivity contribution in [2.75, 3.05) is 33.2 Å². The number of carbonyl (C=O) groups is 1. The highest BCUT2D eigenvalue weighted by Crippen LogP contribution is 2.23. The average Bonchev–Trinajstić information content (AvgIpc) is 3.04. The predicted octanol–water partition coefficient (Wildman–Crippen LogP) is 2.09. The lowest BCUT2D eigenvalue weighted by Crippen LogP contribution is -2.46. The Hall–Kier alpha value is -1.33. The van der Waals surface area contributed by atoms with Crippen LogP contribution in [0.5, 0.6) is 0 Å². The topological polar surface area (TPSA) is 48.7 Å². The van der Waals surface area contributed by atoms with Crippen LogP contribution in [0.2, 0.25) is 0 Å². The van der Waals surface area contributed by atoms with E-state index in [1.807, 2.05) is 17.0 Å². The molecule has 0 spiro atoms. The molecule has 1 saturated heterocycles. The molecule has 5 nitrogen and oxygen atoms in total. The van der Waals surface area contributed by atoms with Crippen molar-refractivity contribution in [1.29, 1.82) is 0 Å². The summed E-state index contributed by atoms with van der Waals surface area (Å²) in [5.74, 6) is 1.40. The van der Waals surface area contributed by atoms with Gasteiger partial charge in [-0.15, -0.1) is 0 Å². The molecule has 2 heterocycles. The maximum absolute atomic E-state index is 12.4. The number of nitrogens with zero attached hydrogens (tertiary/aromatic N) is 2. The van der Waals surface area contributed by atoms with E-state index in [2.05, 4.69) is 17.3 Å². The number of hydrogen-bond donors (Lipinski definition) is 1. The second-order valence-corrected chi connectivity index (χ2v) is 6.52. The third-order valence-corrected chi connectivity index (χ3v) is 4.88. The van der Waals surface area contributed by atoms with Crippen LogP contribution in [-0.2, 0) is 6.54 Å². The molecule has 5 heteroatoms. The minimum atomic E-state index is 0.0214. The Morgan fingerprint density at radius 1 is 1.27 bits per heavy atom. The molecule has 3 rings (SSSR count). The molecule has 1 N–H and O–H groups in total. The molecular weight excluding hydrogens is 278 g/mol. The van der Waals surface area contributed by atoms with E-state index in [4.69, 9.17) is 4.42 Å². The molecule has 1 aromatic rings. The quantitative estimate of drug-likeness (QED) is 0.925. The molecule has 0 radical (unpaired) electrons. The highest BCUT2D eigenvalue weighted by molar-refractivity contribution is 5.91. The number of hydrogen-bond acceptors (Lipinski definition) is 4. The van der Waals surface area contributed by atoms with Crippen LogP contribution in [0.25, 0.3) is 0 Å². The zero-order chi connectivity index (χ0) is 15.4. The third-order valence-electron chi connectivity index (χ3n) is 4.88. The molecule has 2 fully saturated rings. The first-order valence-corrected chi connectivity index (χ1v) is 8.53. The molecule has 22 heavy (non-hydrogen) atoms. The second kappa shape index (κ2) is 7.29. The summed E-state index contributed by atoms with van der Waals surface area (Å²) in [5.41, 5.74) is 0. The molecular formula is C17H27N3O2. The summed E-state index contributed by atoms with van der Waals surface area (Å²) in [6.07, 6.45) is 6.60. The third kappa shape index (κ3) is 3.70. The number of furan rings is 1. The minimum absolute atomic E-state index is 0.0214. The van der Waals surface area contributed by atoms with Gasteiger partial charge in [0.2, 0.25) is 0 Å². The second-order valence-electron chi connectivity index (χ2n) is 6.52. The molecule has 2 aliphatic rings. The van der Waals surface area contributed by atoms with Gasteiger partial charge in [-0.3, -0.25) is 9.69 Å². The van der Waals surface area contributed by atoms with Crippen LogP contribution in [0, 0.1) is 0 Å². The van der Waals surface area contributed by atoms with E-state index in [1.165, 1.54) is 32.1 Å². The summed E-state index contributed by atoms with van der Waals surface area (Å²) in [6, 6.07) is 4.44. The molecule has 122 valence electrons. The van der Waals surface area contributed by atoms with Gasteiger partial charge in [0.05, 0.1) is 6.54 Å². The maximum Gasteiger partial charge on any atom is 0.289 e. The summed E-state index contributed by atoms with van der Waals surface area (Å²) in [7, 11) is 2.16. The SMILES string of the molecule is CN(Cc1ccc(C(=O)N2CCNCC2)o1)C1CCCCC1. The largest absolute Gasteiger partial charge is 0.455 e. The van der Waals surface area contributed by atoms with Crippen LogP contribution in [0.15, 0.2) is 16.5 Å². The van der Waals surface area contributed by atoms with Gasteiger partial charge in [0.15, 0.2) is 5.76 Å². The van der Waals surface area contributed by atoms with Gasteiger partial charge in [-0.2, -0.15) is 0 Å². The fourth-order valence-corrected chi connectivity index (χ4v) is 3.50. The lowest BCUT2D eigenvalue weighted by Gasteiger charge is -2.30. The molecule has 1 aromatic heterocycles. The smallest absolute Gasteiger partial charge is 0.289 e.